The second-order valence-electron chi connectivity index (χ2n) is 6.07. The molecule has 0 fully saturated rings. The average molecular weight is 437 g/mol. The zero-order chi connectivity index (χ0) is 23.3. The molecule has 0 heterocycles. The Kier molecular flexibility index (Phi) is 6.75. The fourth-order valence-corrected chi connectivity index (χ4v) is 2.61. The first-order valence-electron chi connectivity index (χ1n) is 8.38. The number of nitro groups is 2. The lowest BCUT2D eigenvalue weighted by Crippen LogP contribution is -2.10. The standard InChI is InChI=1S/C18H14F3N5O5/c1-10(11-3-4-16(31-2)12(7-11)5-6-22)23-24-17-14(25(27)28)8-13(18(19,20)21)9-15(17)26(29)30/h3-4,7-9,24H,5H2,1-2H3/b23-10-. The summed E-state index contributed by atoms with van der Waals surface area (Å²) in [5.41, 5.74) is -1.31. The monoisotopic (exact) mass is 437 g/mol. The molecule has 0 unspecified atom stereocenters. The number of nitriles is 1. The fourth-order valence-electron chi connectivity index (χ4n) is 2.61. The molecule has 10 nitrogen and oxygen atoms in total. The number of halogens is 3. The van der Waals surface area contributed by atoms with Crippen molar-refractivity contribution >= 4 is 22.8 Å². The number of nitrogens with zero attached hydrogens (tertiary/aromatic N) is 4. The Balaban J connectivity index is 2.54. The predicted octanol–water partition coefficient (Wildman–Crippen LogP) is 4.43. The van der Waals surface area contributed by atoms with Gasteiger partial charge in [0.15, 0.2) is 0 Å². The van der Waals surface area contributed by atoms with Crippen molar-refractivity contribution in [2.45, 2.75) is 19.5 Å². The second kappa shape index (κ2) is 9.08. The molecule has 0 spiro atoms. The van der Waals surface area contributed by atoms with Gasteiger partial charge in [0.2, 0.25) is 5.69 Å². The molecular formula is C18H14F3N5O5. The summed E-state index contributed by atoms with van der Waals surface area (Å²) in [4.78, 5) is 20.2. The number of hydrogen-bond acceptors (Lipinski definition) is 8. The maximum Gasteiger partial charge on any atom is 0.416 e. The van der Waals surface area contributed by atoms with Gasteiger partial charge in [-0.2, -0.15) is 23.5 Å². The van der Waals surface area contributed by atoms with Crippen LogP contribution in [0, 0.1) is 31.6 Å². The Hall–Kier alpha value is -4.21. The van der Waals surface area contributed by atoms with E-state index in [1.54, 1.807) is 18.2 Å². The Morgan fingerprint density at radius 1 is 1.19 bits per heavy atom. The van der Waals surface area contributed by atoms with Gasteiger partial charge in [0.1, 0.15) is 5.75 Å². The number of hydrazone groups is 1. The number of hydrogen-bond donors (Lipinski definition) is 1. The van der Waals surface area contributed by atoms with Crippen molar-refractivity contribution in [2.75, 3.05) is 12.5 Å². The summed E-state index contributed by atoms with van der Waals surface area (Å²) in [6.07, 6.45) is -5.00. The van der Waals surface area contributed by atoms with E-state index in [1.807, 2.05) is 6.07 Å². The minimum atomic E-state index is -5.02. The van der Waals surface area contributed by atoms with Crippen molar-refractivity contribution in [3.63, 3.8) is 0 Å². The number of nitrogens with one attached hydrogen (secondary N) is 1. The van der Waals surface area contributed by atoms with E-state index in [9.17, 15) is 33.4 Å². The second-order valence-corrected chi connectivity index (χ2v) is 6.07. The third-order valence-electron chi connectivity index (χ3n) is 4.12. The van der Waals surface area contributed by atoms with E-state index < -0.39 is 38.6 Å². The lowest BCUT2D eigenvalue weighted by molar-refractivity contribution is -0.392. The number of benzene rings is 2. The van der Waals surface area contributed by atoms with Gasteiger partial charge < -0.3 is 4.74 Å². The van der Waals surface area contributed by atoms with Crippen LogP contribution in [0.4, 0.5) is 30.2 Å². The van der Waals surface area contributed by atoms with E-state index in [2.05, 4.69) is 10.5 Å². The highest BCUT2D eigenvalue weighted by atomic mass is 19.4. The van der Waals surface area contributed by atoms with Crippen molar-refractivity contribution in [3.8, 4) is 11.8 Å². The van der Waals surface area contributed by atoms with E-state index in [1.165, 1.54) is 14.0 Å². The molecule has 162 valence electrons. The molecule has 0 aromatic heterocycles. The van der Waals surface area contributed by atoms with Crippen LogP contribution in [0.5, 0.6) is 5.75 Å². The van der Waals surface area contributed by atoms with Gasteiger partial charge in [-0.1, -0.05) is 0 Å². The van der Waals surface area contributed by atoms with Crippen molar-refractivity contribution < 1.29 is 27.8 Å². The number of rotatable bonds is 7. The summed E-state index contributed by atoms with van der Waals surface area (Å²) >= 11 is 0. The van der Waals surface area contributed by atoms with E-state index in [-0.39, 0.29) is 24.3 Å². The van der Waals surface area contributed by atoms with Gasteiger partial charge in [0, 0.05) is 17.7 Å². The van der Waals surface area contributed by atoms with Gasteiger partial charge in [-0.05, 0) is 30.7 Å². The molecule has 0 saturated heterocycles. The Labute approximate surface area is 172 Å². The van der Waals surface area contributed by atoms with Crippen molar-refractivity contribution in [1.82, 2.24) is 0 Å². The van der Waals surface area contributed by atoms with E-state index >= 15 is 0 Å². The van der Waals surface area contributed by atoms with E-state index in [4.69, 9.17) is 10.00 Å². The first-order valence-corrected chi connectivity index (χ1v) is 8.38. The van der Waals surface area contributed by atoms with Gasteiger partial charge in [-0.15, -0.1) is 0 Å². The topological polar surface area (TPSA) is 144 Å². The molecule has 0 aliphatic rings. The summed E-state index contributed by atoms with van der Waals surface area (Å²) in [5, 5.41) is 35.3. The van der Waals surface area contributed by atoms with Gasteiger partial charge in [0.05, 0.1) is 40.7 Å². The number of ether oxygens (including phenoxy) is 1. The molecule has 1 N–H and O–H groups in total. The van der Waals surface area contributed by atoms with Crippen LogP contribution < -0.4 is 10.2 Å². The highest BCUT2D eigenvalue weighted by Crippen LogP contribution is 2.41. The van der Waals surface area contributed by atoms with E-state index in [0.717, 1.165) is 0 Å². The van der Waals surface area contributed by atoms with Crippen LogP contribution >= 0.6 is 0 Å². The number of alkyl halides is 3. The molecule has 2 aromatic rings. The van der Waals surface area contributed by atoms with Crippen LogP contribution in [0.25, 0.3) is 0 Å². The average Bonchev–Trinajstić information content (AvgIpc) is 2.70. The summed E-state index contributed by atoms with van der Waals surface area (Å²) in [6.45, 7) is 1.46. The first kappa shape index (κ1) is 23.1. The maximum absolute atomic E-state index is 13.0. The summed E-state index contributed by atoms with van der Waals surface area (Å²) < 4.78 is 44.1. The zero-order valence-electron chi connectivity index (χ0n) is 16.1. The molecule has 2 aromatic carbocycles. The molecule has 0 amide bonds. The van der Waals surface area contributed by atoms with Crippen LogP contribution in [0.15, 0.2) is 35.4 Å². The van der Waals surface area contributed by atoms with E-state index in [0.29, 0.717) is 16.9 Å². The molecule has 0 aliphatic heterocycles. The first-order chi connectivity index (χ1) is 14.5. The van der Waals surface area contributed by atoms with Crippen molar-refractivity contribution in [3.05, 3.63) is 67.3 Å². The molecule has 0 saturated carbocycles. The highest BCUT2D eigenvalue weighted by molar-refractivity contribution is 5.99. The van der Waals surface area contributed by atoms with Crippen LogP contribution in [-0.2, 0) is 12.6 Å². The number of anilines is 1. The summed E-state index contributed by atoms with van der Waals surface area (Å²) in [7, 11) is 1.42. The summed E-state index contributed by atoms with van der Waals surface area (Å²) in [5.74, 6) is 0.445. The Morgan fingerprint density at radius 3 is 2.23 bits per heavy atom. The molecule has 2 rings (SSSR count). The largest absolute Gasteiger partial charge is 0.496 e. The van der Waals surface area contributed by atoms with Gasteiger partial charge >= 0.3 is 17.6 Å². The molecule has 31 heavy (non-hydrogen) atoms. The third-order valence-corrected chi connectivity index (χ3v) is 4.12. The minimum absolute atomic E-state index is 0.0214. The maximum atomic E-state index is 13.0. The highest BCUT2D eigenvalue weighted by Gasteiger charge is 2.37. The molecule has 13 heteroatoms. The SMILES string of the molecule is COc1ccc(/C(C)=N\Nc2c([N+](=O)[O-])cc(C(F)(F)F)cc2[N+](=O)[O-])cc1CC#N. The Morgan fingerprint density at radius 2 is 1.77 bits per heavy atom. The quantitative estimate of drug-likeness (QED) is 0.383. The smallest absolute Gasteiger partial charge is 0.416 e. The lowest BCUT2D eigenvalue weighted by atomic mass is 10.0. The molecule has 0 radical (unpaired) electrons. The van der Waals surface area contributed by atoms with Crippen molar-refractivity contribution in [2.24, 2.45) is 5.10 Å². The van der Waals surface area contributed by atoms with Crippen LogP contribution in [0.2, 0.25) is 0 Å². The fraction of sp³-hybridized carbons (Fsp3) is 0.222. The lowest BCUT2D eigenvalue weighted by Gasteiger charge is -2.11. The van der Waals surface area contributed by atoms with Crippen LogP contribution in [0.1, 0.15) is 23.6 Å². The van der Waals surface area contributed by atoms with Gasteiger partial charge in [-0.3, -0.25) is 25.7 Å². The number of nitro benzene ring substituents is 2. The van der Waals surface area contributed by atoms with Gasteiger partial charge in [0.25, 0.3) is 0 Å². The minimum Gasteiger partial charge on any atom is -0.496 e. The molecular weight excluding hydrogens is 423 g/mol. The molecule has 0 bridgehead atoms. The zero-order valence-corrected chi connectivity index (χ0v) is 16.1. The van der Waals surface area contributed by atoms with Crippen LogP contribution in [0.3, 0.4) is 0 Å². The third kappa shape index (κ3) is 5.24. The summed E-state index contributed by atoms with van der Waals surface area (Å²) in [6, 6.07) is 7.04. The normalized spacial score (nSPS) is 11.5. The van der Waals surface area contributed by atoms with Gasteiger partial charge in [-0.25, -0.2) is 0 Å². The number of methoxy groups -OCH3 is 1. The van der Waals surface area contributed by atoms with Crippen molar-refractivity contribution in [1.29, 1.82) is 5.26 Å². The molecule has 0 atom stereocenters. The van der Waals surface area contributed by atoms with Crippen LogP contribution in [-0.4, -0.2) is 22.7 Å². The predicted molar refractivity (Wildman–Crippen MR) is 103 cm³/mol. The molecule has 0 aliphatic carbocycles. The Bertz CT molecular complexity index is 1070.